The van der Waals surface area contributed by atoms with Crippen LogP contribution in [0.25, 0.3) is 0 Å². The molecule has 1 saturated carbocycles. The van der Waals surface area contributed by atoms with Gasteiger partial charge in [0.05, 0.1) is 0 Å². The van der Waals surface area contributed by atoms with E-state index < -0.39 is 0 Å². The molecule has 0 saturated heterocycles. The summed E-state index contributed by atoms with van der Waals surface area (Å²) in [6.45, 7) is 10.7. The molecule has 1 aromatic rings. The second kappa shape index (κ2) is 6.91. The average Bonchev–Trinajstić information content (AvgIpc) is 3.29. The summed E-state index contributed by atoms with van der Waals surface area (Å²) >= 11 is 0. The zero-order chi connectivity index (χ0) is 14.5. The van der Waals surface area contributed by atoms with Gasteiger partial charge in [-0.05, 0) is 38.0 Å². The first kappa shape index (κ1) is 15.1. The van der Waals surface area contributed by atoms with Crippen molar-refractivity contribution in [2.75, 3.05) is 23.7 Å². The van der Waals surface area contributed by atoms with E-state index >= 15 is 0 Å². The van der Waals surface area contributed by atoms with E-state index in [1.807, 2.05) is 0 Å². The molecule has 1 unspecified atom stereocenters. The lowest BCUT2D eigenvalue weighted by atomic mass is 10.1. The smallest absolute Gasteiger partial charge is 0.134 e. The van der Waals surface area contributed by atoms with Gasteiger partial charge in [-0.2, -0.15) is 0 Å². The van der Waals surface area contributed by atoms with Crippen LogP contribution in [0.3, 0.4) is 0 Å². The average molecular weight is 276 g/mol. The molecule has 0 aromatic carbocycles. The molecular weight excluding hydrogens is 248 g/mol. The largest absolute Gasteiger partial charge is 0.370 e. The molecule has 0 amide bonds. The van der Waals surface area contributed by atoms with E-state index in [0.29, 0.717) is 0 Å². The predicted octanol–water partition coefficient (Wildman–Crippen LogP) is 3.63. The van der Waals surface area contributed by atoms with Crippen LogP contribution >= 0.6 is 0 Å². The van der Waals surface area contributed by atoms with E-state index in [2.05, 4.69) is 48.3 Å². The van der Waals surface area contributed by atoms with Crippen LogP contribution in [0.2, 0.25) is 0 Å². The summed E-state index contributed by atoms with van der Waals surface area (Å²) in [5.74, 6) is 4.56. The standard InChI is InChI=1S/C16H28N4/c1-5-9-17-15-12(4)16(20-14(6-2)19-15)18-10-11(3)13-7-8-13/h11,13H,5-10H2,1-4H3,(H2,17,18,19,20). The molecule has 20 heavy (non-hydrogen) atoms. The number of anilines is 2. The van der Waals surface area contributed by atoms with Crippen molar-refractivity contribution >= 4 is 11.6 Å². The number of nitrogens with one attached hydrogen (secondary N) is 2. The Kier molecular flexibility index (Phi) is 5.21. The Labute approximate surface area is 122 Å². The van der Waals surface area contributed by atoms with Gasteiger partial charge in [0.15, 0.2) is 0 Å². The Bertz CT molecular complexity index is 440. The Hall–Kier alpha value is -1.32. The molecule has 1 aliphatic carbocycles. The summed E-state index contributed by atoms with van der Waals surface area (Å²) in [5, 5.41) is 6.94. The molecule has 1 atom stereocenters. The maximum Gasteiger partial charge on any atom is 0.134 e. The molecular formula is C16H28N4. The number of rotatable bonds is 8. The van der Waals surface area contributed by atoms with Gasteiger partial charge >= 0.3 is 0 Å². The minimum absolute atomic E-state index is 0.737. The van der Waals surface area contributed by atoms with Crippen molar-refractivity contribution < 1.29 is 0 Å². The Balaban J connectivity index is 2.08. The number of hydrogen-bond donors (Lipinski definition) is 2. The lowest BCUT2D eigenvalue weighted by molar-refractivity contribution is 0.535. The lowest BCUT2D eigenvalue weighted by Gasteiger charge is -2.17. The molecule has 2 N–H and O–H groups in total. The molecule has 112 valence electrons. The second-order valence-corrected chi connectivity index (χ2v) is 5.94. The van der Waals surface area contributed by atoms with Gasteiger partial charge < -0.3 is 10.6 Å². The van der Waals surface area contributed by atoms with Gasteiger partial charge in [-0.15, -0.1) is 0 Å². The number of hydrogen-bond acceptors (Lipinski definition) is 4. The Morgan fingerprint density at radius 1 is 1.15 bits per heavy atom. The first-order chi connectivity index (χ1) is 9.65. The van der Waals surface area contributed by atoms with Gasteiger partial charge in [0.25, 0.3) is 0 Å². The molecule has 1 fully saturated rings. The van der Waals surface area contributed by atoms with Crippen LogP contribution in [-0.2, 0) is 6.42 Å². The zero-order valence-electron chi connectivity index (χ0n) is 13.3. The van der Waals surface area contributed by atoms with E-state index in [1.54, 1.807) is 0 Å². The van der Waals surface area contributed by atoms with Gasteiger partial charge in [-0.3, -0.25) is 0 Å². The van der Waals surface area contributed by atoms with Gasteiger partial charge in [0.1, 0.15) is 17.5 Å². The highest BCUT2D eigenvalue weighted by Crippen LogP contribution is 2.36. The van der Waals surface area contributed by atoms with Crippen molar-refractivity contribution in [1.29, 1.82) is 0 Å². The monoisotopic (exact) mass is 276 g/mol. The van der Waals surface area contributed by atoms with Crippen LogP contribution in [0.15, 0.2) is 0 Å². The van der Waals surface area contributed by atoms with Crippen molar-refractivity contribution in [2.24, 2.45) is 11.8 Å². The molecule has 0 spiro atoms. The molecule has 1 aliphatic rings. The highest BCUT2D eigenvalue weighted by atomic mass is 15.1. The second-order valence-electron chi connectivity index (χ2n) is 5.94. The first-order valence-electron chi connectivity index (χ1n) is 8.00. The van der Waals surface area contributed by atoms with Crippen LogP contribution in [0, 0.1) is 18.8 Å². The molecule has 0 aliphatic heterocycles. The minimum Gasteiger partial charge on any atom is -0.370 e. The van der Waals surface area contributed by atoms with Crippen molar-refractivity contribution in [3.63, 3.8) is 0 Å². The topological polar surface area (TPSA) is 49.8 Å². The zero-order valence-corrected chi connectivity index (χ0v) is 13.3. The van der Waals surface area contributed by atoms with Gasteiger partial charge in [-0.25, -0.2) is 9.97 Å². The molecule has 2 rings (SSSR count). The third-order valence-corrected chi connectivity index (χ3v) is 4.07. The molecule has 1 aromatic heterocycles. The molecule has 4 nitrogen and oxygen atoms in total. The van der Waals surface area contributed by atoms with Gasteiger partial charge in [0.2, 0.25) is 0 Å². The molecule has 4 heteroatoms. The molecule has 0 radical (unpaired) electrons. The molecule has 0 bridgehead atoms. The Morgan fingerprint density at radius 2 is 1.80 bits per heavy atom. The summed E-state index contributed by atoms with van der Waals surface area (Å²) < 4.78 is 0. The normalized spacial score (nSPS) is 16.0. The highest BCUT2D eigenvalue weighted by molar-refractivity contribution is 5.57. The minimum atomic E-state index is 0.737. The fourth-order valence-electron chi connectivity index (χ4n) is 2.40. The van der Waals surface area contributed by atoms with E-state index in [9.17, 15) is 0 Å². The number of aromatic nitrogens is 2. The Morgan fingerprint density at radius 3 is 2.35 bits per heavy atom. The summed E-state index contributed by atoms with van der Waals surface area (Å²) in [6, 6.07) is 0. The van der Waals surface area contributed by atoms with Crippen molar-refractivity contribution in [1.82, 2.24) is 9.97 Å². The number of nitrogens with zero attached hydrogens (tertiary/aromatic N) is 2. The van der Waals surface area contributed by atoms with Crippen LogP contribution in [-0.4, -0.2) is 23.1 Å². The van der Waals surface area contributed by atoms with Crippen molar-refractivity contribution in [2.45, 2.75) is 53.4 Å². The van der Waals surface area contributed by atoms with Crippen LogP contribution in [0.5, 0.6) is 0 Å². The van der Waals surface area contributed by atoms with E-state index in [0.717, 1.165) is 60.8 Å². The fraction of sp³-hybridized carbons (Fsp3) is 0.750. The van der Waals surface area contributed by atoms with E-state index in [1.165, 1.54) is 12.8 Å². The van der Waals surface area contributed by atoms with Crippen LogP contribution < -0.4 is 10.6 Å². The van der Waals surface area contributed by atoms with Gasteiger partial charge in [0, 0.05) is 25.1 Å². The molecule has 1 heterocycles. The third kappa shape index (κ3) is 3.84. The van der Waals surface area contributed by atoms with E-state index in [4.69, 9.17) is 0 Å². The maximum atomic E-state index is 4.65. The highest BCUT2D eigenvalue weighted by Gasteiger charge is 2.27. The van der Waals surface area contributed by atoms with Crippen molar-refractivity contribution in [3.05, 3.63) is 11.4 Å². The van der Waals surface area contributed by atoms with Gasteiger partial charge in [-0.1, -0.05) is 20.8 Å². The van der Waals surface area contributed by atoms with E-state index in [-0.39, 0.29) is 0 Å². The lowest BCUT2D eigenvalue weighted by Crippen LogP contribution is -2.17. The quantitative estimate of drug-likeness (QED) is 0.761. The summed E-state index contributed by atoms with van der Waals surface area (Å²) in [4.78, 5) is 9.25. The fourth-order valence-corrected chi connectivity index (χ4v) is 2.40. The maximum absolute atomic E-state index is 4.65. The number of aryl methyl sites for hydroxylation is 1. The van der Waals surface area contributed by atoms with Crippen LogP contribution in [0.1, 0.15) is 51.4 Å². The summed E-state index contributed by atoms with van der Waals surface area (Å²) in [7, 11) is 0. The SMILES string of the molecule is CCCNc1nc(CC)nc(NCC(C)C2CC2)c1C. The van der Waals surface area contributed by atoms with Crippen molar-refractivity contribution in [3.8, 4) is 0 Å². The first-order valence-corrected chi connectivity index (χ1v) is 8.00. The summed E-state index contributed by atoms with van der Waals surface area (Å²) in [5.41, 5.74) is 1.14. The van der Waals surface area contributed by atoms with Crippen LogP contribution in [0.4, 0.5) is 11.6 Å². The third-order valence-electron chi connectivity index (χ3n) is 4.07. The summed E-state index contributed by atoms with van der Waals surface area (Å²) in [6.07, 6.45) is 4.77. The predicted molar refractivity (Wildman–Crippen MR) is 85.3 cm³/mol.